The molecule has 0 bridgehead atoms. The molecule has 0 fully saturated rings. The minimum Gasteiger partial charge on any atom is -0.505 e. The predicted octanol–water partition coefficient (Wildman–Crippen LogP) is 3.74. The Morgan fingerprint density at radius 2 is 2.11 bits per heavy atom. The molecule has 5 heteroatoms. The van der Waals surface area contributed by atoms with E-state index in [9.17, 15) is 5.11 Å². The van der Waals surface area contributed by atoms with Crippen molar-refractivity contribution >= 4 is 28.4 Å². The molecule has 0 saturated heterocycles. The van der Waals surface area contributed by atoms with Crippen LogP contribution in [0, 0.1) is 6.92 Å². The summed E-state index contributed by atoms with van der Waals surface area (Å²) < 4.78 is 5.69. The van der Waals surface area contributed by atoms with Gasteiger partial charge in [-0.25, -0.2) is 4.98 Å². The zero-order chi connectivity index (χ0) is 13.6. The number of rotatable bonds is 1. The molecule has 0 amide bonds. The van der Waals surface area contributed by atoms with Crippen molar-refractivity contribution in [3.05, 3.63) is 40.9 Å². The molecule has 19 heavy (non-hydrogen) atoms. The summed E-state index contributed by atoms with van der Waals surface area (Å²) >= 11 is 5.98. The summed E-state index contributed by atoms with van der Waals surface area (Å²) in [5.74, 6) is 0.294. The van der Waals surface area contributed by atoms with E-state index in [0.29, 0.717) is 27.6 Å². The topological polar surface area (TPSA) is 72.3 Å². The van der Waals surface area contributed by atoms with Gasteiger partial charge in [-0.2, -0.15) is 0 Å². The van der Waals surface area contributed by atoms with Gasteiger partial charge in [-0.05, 0) is 36.8 Å². The molecule has 4 nitrogen and oxygen atoms in total. The number of hydrogen-bond acceptors (Lipinski definition) is 4. The summed E-state index contributed by atoms with van der Waals surface area (Å²) in [5.41, 5.74) is 8.62. The molecule has 0 spiro atoms. The Morgan fingerprint density at radius 1 is 1.32 bits per heavy atom. The molecule has 2 aromatic carbocycles. The molecule has 3 N–H and O–H groups in total. The first kappa shape index (κ1) is 11.9. The van der Waals surface area contributed by atoms with E-state index in [1.807, 2.05) is 6.92 Å². The van der Waals surface area contributed by atoms with Crippen LogP contribution < -0.4 is 5.73 Å². The highest BCUT2D eigenvalue weighted by Gasteiger charge is 2.15. The average molecular weight is 275 g/mol. The first-order valence-electron chi connectivity index (χ1n) is 5.71. The van der Waals surface area contributed by atoms with Gasteiger partial charge < -0.3 is 15.3 Å². The van der Waals surface area contributed by atoms with Crippen LogP contribution in [0.5, 0.6) is 5.75 Å². The maximum absolute atomic E-state index is 9.95. The molecular weight excluding hydrogens is 264 g/mol. The van der Waals surface area contributed by atoms with E-state index in [-0.39, 0.29) is 11.4 Å². The molecule has 0 aliphatic heterocycles. The molecule has 0 radical (unpaired) electrons. The van der Waals surface area contributed by atoms with E-state index in [2.05, 4.69) is 4.98 Å². The normalized spacial score (nSPS) is 11.1. The summed E-state index contributed by atoms with van der Waals surface area (Å²) in [6, 6.07) is 8.58. The molecule has 1 aromatic heterocycles. The monoisotopic (exact) mass is 274 g/mol. The van der Waals surface area contributed by atoms with E-state index in [1.165, 1.54) is 0 Å². The summed E-state index contributed by atoms with van der Waals surface area (Å²) in [4.78, 5) is 4.34. The molecule has 0 aliphatic rings. The Kier molecular flexibility index (Phi) is 2.61. The van der Waals surface area contributed by atoms with Crippen molar-refractivity contribution in [3.63, 3.8) is 0 Å². The number of anilines is 1. The molecule has 1 heterocycles. The lowest BCUT2D eigenvalue weighted by atomic mass is 10.2. The van der Waals surface area contributed by atoms with Crippen molar-refractivity contribution in [3.8, 4) is 17.2 Å². The van der Waals surface area contributed by atoms with Crippen LogP contribution in [0.4, 0.5) is 5.69 Å². The summed E-state index contributed by atoms with van der Waals surface area (Å²) in [6.45, 7) is 1.89. The predicted molar refractivity (Wildman–Crippen MR) is 75.3 cm³/mol. The van der Waals surface area contributed by atoms with E-state index >= 15 is 0 Å². The van der Waals surface area contributed by atoms with Crippen molar-refractivity contribution in [2.75, 3.05) is 5.73 Å². The van der Waals surface area contributed by atoms with Gasteiger partial charge in [0.1, 0.15) is 5.52 Å². The molecule has 3 aromatic rings. The number of aromatic nitrogens is 1. The minimum atomic E-state index is -0.0298. The number of fused-ring (bicyclic) bond motifs is 1. The van der Waals surface area contributed by atoms with Crippen LogP contribution in [-0.2, 0) is 0 Å². The fraction of sp³-hybridized carbons (Fsp3) is 0.0714. The van der Waals surface area contributed by atoms with Crippen LogP contribution in [0.15, 0.2) is 34.7 Å². The van der Waals surface area contributed by atoms with Crippen molar-refractivity contribution in [2.24, 2.45) is 0 Å². The van der Waals surface area contributed by atoms with Gasteiger partial charge in [0.05, 0.1) is 11.3 Å². The van der Waals surface area contributed by atoms with Crippen molar-refractivity contribution < 1.29 is 9.52 Å². The fourth-order valence-corrected chi connectivity index (χ4v) is 2.27. The van der Waals surface area contributed by atoms with Gasteiger partial charge in [0.25, 0.3) is 0 Å². The van der Waals surface area contributed by atoms with Crippen LogP contribution in [0.2, 0.25) is 5.02 Å². The lowest BCUT2D eigenvalue weighted by molar-refractivity contribution is 0.476. The second-order valence-corrected chi connectivity index (χ2v) is 4.77. The largest absolute Gasteiger partial charge is 0.505 e. The lowest BCUT2D eigenvalue weighted by Gasteiger charge is -2.02. The Labute approximate surface area is 114 Å². The number of nitrogen functional groups attached to an aromatic ring is 1. The Balaban J connectivity index is 2.26. The highest BCUT2D eigenvalue weighted by atomic mass is 35.5. The van der Waals surface area contributed by atoms with Gasteiger partial charge in [-0.15, -0.1) is 0 Å². The summed E-state index contributed by atoms with van der Waals surface area (Å²) in [5, 5.41) is 10.5. The number of aryl methyl sites for hydroxylation is 1. The van der Waals surface area contributed by atoms with Crippen molar-refractivity contribution in [2.45, 2.75) is 6.92 Å². The highest BCUT2D eigenvalue weighted by molar-refractivity contribution is 6.31. The standard InChI is InChI=1S/C14H11ClN2O2/c1-7-5-8(15)6-11-13(7)19-14(17-11)9-3-2-4-10(16)12(9)18/h2-6,18H,16H2,1H3. The Morgan fingerprint density at radius 3 is 2.89 bits per heavy atom. The second-order valence-electron chi connectivity index (χ2n) is 4.33. The minimum absolute atomic E-state index is 0.0298. The highest BCUT2D eigenvalue weighted by Crippen LogP contribution is 2.35. The number of benzene rings is 2. The molecule has 0 aliphatic carbocycles. The number of nitrogens with two attached hydrogens (primary N) is 1. The van der Waals surface area contributed by atoms with Crippen LogP contribution >= 0.6 is 11.6 Å². The van der Waals surface area contributed by atoms with E-state index < -0.39 is 0 Å². The summed E-state index contributed by atoms with van der Waals surface area (Å²) in [7, 11) is 0. The van der Waals surface area contributed by atoms with Crippen LogP contribution in [0.3, 0.4) is 0 Å². The Hall–Kier alpha value is -2.20. The van der Waals surface area contributed by atoms with E-state index in [0.717, 1.165) is 5.56 Å². The van der Waals surface area contributed by atoms with Gasteiger partial charge in [0.15, 0.2) is 11.3 Å². The van der Waals surface area contributed by atoms with Crippen LogP contribution in [0.25, 0.3) is 22.6 Å². The first-order chi connectivity index (χ1) is 9.06. The maximum atomic E-state index is 9.95. The molecular formula is C14H11ClN2O2. The third-order valence-corrected chi connectivity index (χ3v) is 3.16. The van der Waals surface area contributed by atoms with Gasteiger partial charge in [-0.1, -0.05) is 17.7 Å². The maximum Gasteiger partial charge on any atom is 0.231 e. The lowest BCUT2D eigenvalue weighted by Crippen LogP contribution is -1.87. The van der Waals surface area contributed by atoms with Gasteiger partial charge >= 0.3 is 0 Å². The number of aromatic hydroxyl groups is 1. The van der Waals surface area contributed by atoms with Gasteiger partial charge in [-0.3, -0.25) is 0 Å². The number of halogens is 1. The molecule has 0 unspecified atom stereocenters. The average Bonchev–Trinajstić information content (AvgIpc) is 2.76. The zero-order valence-corrected chi connectivity index (χ0v) is 10.9. The van der Waals surface area contributed by atoms with E-state index in [1.54, 1.807) is 30.3 Å². The first-order valence-corrected chi connectivity index (χ1v) is 6.08. The Bertz CT molecular complexity index is 780. The van der Waals surface area contributed by atoms with Gasteiger partial charge in [0.2, 0.25) is 5.89 Å². The van der Waals surface area contributed by atoms with Crippen molar-refractivity contribution in [1.29, 1.82) is 0 Å². The van der Waals surface area contributed by atoms with Crippen molar-refractivity contribution in [1.82, 2.24) is 4.98 Å². The number of phenols is 1. The summed E-state index contributed by atoms with van der Waals surface area (Å²) in [6.07, 6.45) is 0. The smallest absolute Gasteiger partial charge is 0.231 e. The molecule has 3 rings (SSSR count). The quantitative estimate of drug-likeness (QED) is 0.524. The molecule has 0 atom stereocenters. The third kappa shape index (κ3) is 1.90. The number of para-hydroxylation sites is 1. The zero-order valence-electron chi connectivity index (χ0n) is 10.1. The van der Waals surface area contributed by atoms with Crippen LogP contribution in [-0.4, -0.2) is 10.1 Å². The molecule has 0 saturated carbocycles. The number of hydrogen-bond donors (Lipinski definition) is 2. The fourth-order valence-electron chi connectivity index (χ4n) is 2.01. The second kappa shape index (κ2) is 4.17. The third-order valence-electron chi connectivity index (χ3n) is 2.94. The number of oxazole rings is 1. The van der Waals surface area contributed by atoms with Crippen LogP contribution in [0.1, 0.15) is 5.56 Å². The number of phenolic OH excluding ortho intramolecular Hbond substituents is 1. The van der Waals surface area contributed by atoms with E-state index in [4.69, 9.17) is 21.8 Å². The molecule has 96 valence electrons. The van der Waals surface area contributed by atoms with Gasteiger partial charge in [0, 0.05) is 5.02 Å². The number of nitrogens with zero attached hydrogens (tertiary/aromatic N) is 1. The SMILES string of the molecule is Cc1cc(Cl)cc2nc(-c3cccc(N)c3O)oc12.